The fourth-order valence-electron chi connectivity index (χ4n) is 1.96. The fraction of sp³-hybridized carbons (Fsp3) is 0.500. The average molecular weight is 235 g/mol. The van der Waals surface area contributed by atoms with E-state index in [0.717, 1.165) is 30.0 Å². The lowest BCUT2D eigenvalue weighted by atomic mass is 10.1. The lowest BCUT2D eigenvalue weighted by molar-refractivity contribution is -0.116. The lowest BCUT2D eigenvalue weighted by Gasteiger charge is -2.11. The summed E-state index contributed by atoms with van der Waals surface area (Å²) in [5, 5.41) is 3.26. The van der Waals surface area contributed by atoms with E-state index in [1.807, 2.05) is 13.8 Å². The van der Waals surface area contributed by atoms with Crippen LogP contribution in [0.25, 0.3) is 0 Å². The Morgan fingerprint density at radius 2 is 1.88 bits per heavy atom. The van der Waals surface area contributed by atoms with E-state index < -0.39 is 0 Å². The molecule has 0 spiro atoms. The summed E-state index contributed by atoms with van der Waals surface area (Å²) in [6.07, 6.45) is 0.591. The van der Waals surface area contributed by atoms with Gasteiger partial charge in [-0.2, -0.15) is 0 Å². The quantitative estimate of drug-likeness (QED) is 0.769. The molecule has 0 bridgehead atoms. The molecule has 1 rings (SSSR count). The topological polar surface area (TPSA) is 38.3 Å². The maximum Gasteiger partial charge on any atom is 0.131 e. The van der Waals surface area contributed by atoms with Crippen molar-refractivity contribution >= 4 is 5.78 Å². The number of aryl methyl sites for hydroxylation is 2. The fourth-order valence-corrected chi connectivity index (χ4v) is 1.96. The number of rotatable bonds is 6. The number of ether oxygens (including phenoxy) is 1. The second-order valence-corrected chi connectivity index (χ2v) is 4.39. The molecular formula is C14H21NO2. The molecule has 1 N–H and O–H groups in total. The average Bonchev–Trinajstić information content (AvgIpc) is 2.24. The van der Waals surface area contributed by atoms with E-state index in [-0.39, 0.29) is 5.78 Å². The summed E-state index contributed by atoms with van der Waals surface area (Å²) >= 11 is 0. The van der Waals surface area contributed by atoms with Crippen LogP contribution < -0.4 is 10.1 Å². The van der Waals surface area contributed by atoms with E-state index in [4.69, 9.17) is 4.74 Å². The Bertz CT molecular complexity index is 376. The van der Waals surface area contributed by atoms with Crippen LogP contribution in [0.3, 0.4) is 0 Å². The van der Waals surface area contributed by atoms with Crippen molar-refractivity contribution in [3.05, 3.63) is 28.8 Å². The molecule has 3 heteroatoms. The van der Waals surface area contributed by atoms with Gasteiger partial charge in [-0.15, -0.1) is 0 Å². The lowest BCUT2D eigenvalue weighted by Crippen LogP contribution is -2.17. The highest BCUT2D eigenvalue weighted by atomic mass is 16.5. The summed E-state index contributed by atoms with van der Waals surface area (Å²) in [4.78, 5) is 10.8. The third kappa shape index (κ3) is 4.19. The first-order chi connectivity index (χ1) is 8.04. The normalized spacial score (nSPS) is 10.4. The van der Waals surface area contributed by atoms with Crippen LogP contribution >= 0.6 is 0 Å². The summed E-state index contributed by atoms with van der Waals surface area (Å²) in [5.41, 5.74) is 3.52. The molecule has 0 fully saturated rings. The molecule has 0 saturated carbocycles. The molecule has 0 aliphatic carbocycles. The molecule has 0 unspecified atom stereocenters. The molecule has 0 aromatic heterocycles. The largest absolute Gasteiger partial charge is 0.496 e. The Morgan fingerprint density at radius 3 is 2.35 bits per heavy atom. The standard InChI is InChI=1S/C14H21NO2/c1-10-7-13(8-11(2)14(10)17-4)9-15-6-5-12(3)16/h7-8,15H,5-6,9H2,1-4H3. The highest BCUT2D eigenvalue weighted by molar-refractivity contribution is 5.75. The van der Waals surface area contributed by atoms with E-state index in [9.17, 15) is 4.79 Å². The highest BCUT2D eigenvalue weighted by Gasteiger charge is 2.04. The first-order valence-electron chi connectivity index (χ1n) is 5.89. The van der Waals surface area contributed by atoms with Crippen LogP contribution in [0.5, 0.6) is 5.75 Å². The van der Waals surface area contributed by atoms with Gasteiger partial charge < -0.3 is 10.1 Å². The molecule has 1 aromatic carbocycles. The Morgan fingerprint density at radius 1 is 1.29 bits per heavy atom. The summed E-state index contributed by atoms with van der Waals surface area (Å²) < 4.78 is 5.32. The molecular weight excluding hydrogens is 214 g/mol. The smallest absolute Gasteiger partial charge is 0.131 e. The SMILES string of the molecule is COc1c(C)cc(CNCCC(C)=O)cc1C. The van der Waals surface area contributed by atoms with Crippen LogP contribution in [0.15, 0.2) is 12.1 Å². The van der Waals surface area contributed by atoms with Crippen molar-refractivity contribution in [3.63, 3.8) is 0 Å². The molecule has 94 valence electrons. The van der Waals surface area contributed by atoms with Crippen LogP contribution in [-0.4, -0.2) is 19.4 Å². The van der Waals surface area contributed by atoms with Gasteiger partial charge in [-0.1, -0.05) is 12.1 Å². The third-order valence-corrected chi connectivity index (χ3v) is 2.71. The van der Waals surface area contributed by atoms with E-state index in [0.29, 0.717) is 6.42 Å². The number of hydrogen-bond acceptors (Lipinski definition) is 3. The monoisotopic (exact) mass is 235 g/mol. The van der Waals surface area contributed by atoms with Gasteiger partial charge in [-0.25, -0.2) is 0 Å². The first-order valence-corrected chi connectivity index (χ1v) is 5.89. The van der Waals surface area contributed by atoms with Gasteiger partial charge in [0.25, 0.3) is 0 Å². The maximum absolute atomic E-state index is 10.8. The second kappa shape index (κ2) is 6.40. The zero-order valence-corrected chi connectivity index (χ0v) is 11.1. The predicted octanol–water partition coefficient (Wildman–Crippen LogP) is 2.38. The first kappa shape index (κ1) is 13.7. The molecule has 0 saturated heterocycles. The van der Waals surface area contributed by atoms with Crippen molar-refractivity contribution in [1.29, 1.82) is 0 Å². The maximum atomic E-state index is 10.8. The number of benzene rings is 1. The summed E-state index contributed by atoms with van der Waals surface area (Å²) in [6.45, 7) is 7.23. The van der Waals surface area contributed by atoms with E-state index in [1.165, 1.54) is 5.56 Å². The molecule has 0 amide bonds. The van der Waals surface area contributed by atoms with E-state index >= 15 is 0 Å². The van der Waals surface area contributed by atoms with Crippen LogP contribution in [0.1, 0.15) is 30.0 Å². The van der Waals surface area contributed by atoms with Crippen LogP contribution in [0.2, 0.25) is 0 Å². The number of hydrogen-bond donors (Lipinski definition) is 1. The molecule has 0 atom stereocenters. The van der Waals surface area contributed by atoms with Crippen molar-refractivity contribution < 1.29 is 9.53 Å². The number of ketones is 1. The van der Waals surface area contributed by atoms with Gasteiger partial charge >= 0.3 is 0 Å². The predicted molar refractivity (Wildman–Crippen MR) is 69.5 cm³/mol. The van der Waals surface area contributed by atoms with Crippen LogP contribution in [0, 0.1) is 13.8 Å². The van der Waals surface area contributed by atoms with E-state index in [1.54, 1.807) is 14.0 Å². The molecule has 0 heterocycles. The summed E-state index contributed by atoms with van der Waals surface area (Å²) in [7, 11) is 1.69. The number of Topliss-reactive ketones (excluding diaryl/α,β-unsaturated/α-hetero) is 1. The van der Waals surface area contributed by atoms with Gasteiger partial charge in [0.2, 0.25) is 0 Å². The van der Waals surface area contributed by atoms with Crippen molar-refractivity contribution in [3.8, 4) is 5.75 Å². The van der Waals surface area contributed by atoms with Gasteiger partial charge in [-0.3, -0.25) is 4.79 Å². The second-order valence-electron chi connectivity index (χ2n) is 4.39. The molecule has 17 heavy (non-hydrogen) atoms. The van der Waals surface area contributed by atoms with Crippen LogP contribution in [-0.2, 0) is 11.3 Å². The Balaban J connectivity index is 2.58. The van der Waals surface area contributed by atoms with Gasteiger partial charge in [0.1, 0.15) is 11.5 Å². The number of carbonyl (C=O) groups excluding carboxylic acids is 1. The van der Waals surface area contributed by atoms with Crippen molar-refractivity contribution in [2.75, 3.05) is 13.7 Å². The number of carbonyl (C=O) groups is 1. The van der Waals surface area contributed by atoms with Crippen molar-refractivity contribution in [2.45, 2.75) is 33.7 Å². The third-order valence-electron chi connectivity index (χ3n) is 2.71. The van der Waals surface area contributed by atoms with Crippen LogP contribution in [0.4, 0.5) is 0 Å². The Kier molecular flexibility index (Phi) is 5.16. The summed E-state index contributed by atoms with van der Waals surface area (Å²) in [6, 6.07) is 4.24. The van der Waals surface area contributed by atoms with Crippen molar-refractivity contribution in [2.24, 2.45) is 0 Å². The Labute approximate surface area is 103 Å². The highest BCUT2D eigenvalue weighted by Crippen LogP contribution is 2.24. The van der Waals surface area contributed by atoms with Gasteiger partial charge in [-0.05, 0) is 37.5 Å². The van der Waals surface area contributed by atoms with Crippen molar-refractivity contribution in [1.82, 2.24) is 5.32 Å². The van der Waals surface area contributed by atoms with E-state index in [2.05, 4.69) is 17.4 Å². The summed E-state index contributed by atoms with van der Waals surface area (Å²) in [5.74, 6) is 1.18. The van der Waals surface area contributed by atoms with Gasteiger partial charge in [0.15, 0.2) is 0 Å². The number of nitrogens with one attached hydrogen (secondary N) is 1. The minimum atomic E-state index is 0.222. The minimum absolute atomic E-state index is 0.222. The molecule has 0 aliphatic heterocycles. The molecule has 3 nitrogen and oxygen atoms in total. The Hall–Kier alpha value is -1.35. The molecule has 1 aromatic rings. The zero-order valence-electron chi connectivity index (χ0n) is 11.1. The van der Waals surface area contributed by atoms with Gasteiger partial charge in [0.05, 0.1) is 7.11 Å². The number of methoxy groups -OCH3 is 1. The van der Waals surface area contributed by atoms with Gasteiger partial charge in [0, 0.05) is 19.5 Å². The minimum Gasteiger partial charge on any atom is -0.496 e. The zero-order chi connectivity index (χ0) is 12.8. The molecule has 0 aliphatic rings. The molecule has 0 radical (unpaired) electrons.